The van der Waals surface area contributed by atoms with Gasteiger partial charge < -0.3 is 15.8 Å². The van der Waals surface area contributed by atoms with Crippen LogP contribution in [0.5, 0.6) is 0 Å². The Hall–Kier alpha value is -1.50. The molecule has 0 saturated carbocycles. The number of aromatic nitrogens is 1. The van der Waals surface area contributed by atoms with Crippen LogP contribution in [0, 0.1) is 0 Å². The second-order valence-electron chi connectivity index (χ2n) is 5.25. The van der Waals surface area contributed by atoms with E-state index < -0.39 is 5.54 Å². The smallest absolute Gasteiger partial charge is 0.244 e. The molecular formula is C15H16BrN3O2. The Bertz CT molecular complexity index is 684. The van der Waals surface area contributed by atoms with Crippen molar-refractivity contribution in [3.63, 3.8) is 0 Å². The molecule has 5 nitrogen and oxygen atoms in total. The van der Waals surface area contributed by atoms with Crippen molar-refractivity contribution in [2.75, 3.05) is 18.5 Å². The molecule has 1 amide bonds. The number of hydrogen-bond acceptors (Lipinski definition) is 4. The third-order valence-electron chi connectivity index (χ3n) is 3.76. The maximum Gasteiger partial charge on any atom is 0.244 e. The van der Waals surface area contributed by atoms with E-state index in [1.807, 2.05) is 24.3 Å². The number of ether oxygens (including phenoxy) is 1. The Morgan fingerprint density at radius 1 is 1.38 bits per heavy atom. The standard InChI is InChI=1S/C15H16BrN3O2/c16-11-8-10-2-1-3-12(13(10)18-9-11)19-14(20)15(17)4-6-21-7-5-15/h1-3,8-9H,4-7,17H2,(H,19,20). The number of nitrogens with one attached hydrogen (secondary N) is 1. The van der Waals surface area contributed by atoms with Crippen molar-refractivity contribution in [1.29, 1.82) is 0 Å². The molecule has 3 rings (SSSR count). The van der Waals surface area contributed by atoms with Crippen molar-refractivity contribution in [3.8, 4) is 0 Å². The van der Waals surface area contributed by atoms with Gasteiger partial charge in [-0.3, -0.25) is 9.78 Å². The molecule has 0 unspecified atom stereocenters. The van der Waals surface area contributed by atoms with Crippen LogP contribution in [-0.4, -0.2) is 29.6 Å². The molecule has 3 N–H and O–H groups in total. The number of pyridine rings is 1. The van der Waals surface area contributed by atoms with Crippen molar-refractivity contribution < 1.29 is 9.53 Å². The number of carbonyl (C=O) groups is 1. The minimum absolute atomic E-state index is 0.178. The molecule has 2 aromatic rings. The van der Waals surface area contributed by atoms with Crippen LogP contribution in [0.3, 0.4) is 0 Å². The summed E-state index contributed by atoms with van der Waals surface area (Å²) < 4.78 is 6.17. The van der Waals surface area contributed by atoms with E-state index in [0.717, 1.165) is 15.4 Å². The summed E-state index contributed by atoms with van der Waals surface area (Å²) in [5.41, 5.74) is 6.77. The maximum absolute atomic E-state index is 12.5. The number of hydrogen-bond donors (Lipinski definition) is 2. The van der Waals surface area contributed by atoms with Gasteiger partial charge in [0.25, 0.3) is 0 Å². The van der Waals surface area contributed by atoms with Gasteiger partial charge in [0.1, 0.15) is 5.54 Å². The van der Waals surface area contributed by atoms with E-state index in [4.69, 9.17) is 10.5 Å². The lowest BCUT2D eigenvalue weighted by molar-refractivity contribution is -0.124. The second kappa shape index (κ2) is 5.71. The summed E-state index contributed by atoms with van der Waals surface area (Å²) in [7, 11) is 0. The average Bonchev–Trinajstić information content (AvgIpc) is 2.48. The van der Waals surface area contributed by atoms with E-state index in [-0.39, 0.29) is 5.91 Å². The number of nitrogens with two attached hydrogens (primary N) is 1. The molecule has 0 bridgehead atoms. The second-order valence-corrected chi connectivity index (χ2v) is 6.17. The van der Waals surface area contributed by atoms with E-state index in [1.54, 1.807) is 6.20 Å². The topological polar surface area (TPSA) is 77.2 Å². The minimum Gasteiger partial charge on any atom is -0.381 e. The zero-order valence-electron chi connectivity index (χ0n) is 11.4. The number of anilines is 1. The van der Waals surface area contributed by atoms with Crippen molar-refractivity contribution >= 4 is 38.4 Å². The summed E-state index contributed by atoms with van der Waals surface area (Å²) in [4.78, 5) is 16.8. The van der Waals surface area contributed by atoms with Crippen LogP contribution in [0.15, 0.2) is 34.9 Å². The van der Waals surface area contributed by atoms with Crippen LogP contribution in [0.4, 0.5) is 5.69 Å². The number of para-hydroxylation sites is 1. The number of benzene rings is 1. The molecule has 6 heteroatoms. The van der Waals surface area contributed by atoms with Crippen LogP contribution in [0.1, 0.15) is 12.8 Å². The first kappa shape index (κ1) is 14.4. The Balaban J connectivity index is 1.89. The van der Waals surface area contributed by atoms with Crippen molar-refractivity contribution in [3.05, 3.63) is 34.9 Å². The summed E-state index contributed by atoms with van der Waals surface area (Å²) >= 11 is 3.40. The number of carbonyl (C=O) groups excluding carboxylic acids is 1. The molecule has 0 aliphatic carbocycles. The minimum atomic E-state index is -0.865. The predicted molar refractivity (Wildman–Crippen MR) is 85.0 cm³/mol. The van der Waals surface area contributed by atoms with Gasteiger partial charge in [-0.15, -0.1) is 0 Å². The van der Waals surface area contributed by atoms with E-state index in [9.17, 15) is 4.79 Å². The highest BCUT2D eigenvalue weighted by Crippen LogP contribution is 2.26. The number of fused-ring (bicyclic) bond motifs is 1. The summed E-state index contributed by atoms with van der Waals surface area (Å²) in [6.45, 7) is 1.04. The quantitative estimate of drug-likeness (QED) is 0.872. The van der Waals surface area contributed by atoms with Gasteiger partial charge in [0, 0.05) is 29.3 Å². The molecule has 110 valence electrons. The highest BCUT2D eigenvalue weighted by molar-refractivity contribution is 9.10. The van der Waals surface area contributed by atoms with Crippen molar-refractivity contribution in [1.82, 2.24) is 4.98 Å². The molecule has 1 aromatic heterocycles. The zero-order valence-corrected chi connectivity index (χ0v) is 13.0. The van der Waals surface area contributed by atoms with Gasteiger partial charge in [-0.05, 0) is 40.9 Å². The summed E-state index contributed by atoms with van der Waals surface area (Å²) in [6.07, 6.45) is 2.77. The fourth-order valence-corrected chi connectivity index (χ4v) is 2.79. The molecule has 0 atom stereocenters. The monoisotopic (exact) mass is 349 g/mol. The van der Waals surface area contributed by atoms with Crippen LogP contribution >= 0.6 is 15.9 Å². The van der Waals surface area contributed by atoms with Crippen molar-refractivity contribution in [2.24, 2.45) is 5.73 Å². The molecule has 2 heterocycles. The fourth-order valence-electron chi connectivity index (χ4n) is 2.44. The maximum atomic E-state index is 12.5. The first-order valence-corrected chi connectivity index (χ1v) is 7.60. The van der Waals surface area contributed by atoms with Gasteiger partial charge in [-0.25, -0.2) is 0 Å². The average molecular weight is 350 g/mol. The first-order chi connectivity index (χ1) is 10.1. The highest BCUT2D eigenvalue weighted by Gasteiger charge is 2.36. The number of amides is 1. The SMILES string of the molecule is NC1(C(=O)Nc2cccc3cc(Br)cnc23)CCOCC1. The van der Waals surface area contributed by atoms with E-state index in [1.165, 1.54) is 0 Å². The molecule has 21 heavy (non-hydrogen) atoms. The van der Waals surface area contributed by atoms with Gasteiger partial charge in [0.05, 0.1) is 11.2 Å². The molecule has 1 fully saturated rings. The van der Waals surface area contributed by atoms with Crippen LogP contribution in [0.2, 0.25) is 0 Å². The lowest BCUT2D eigenvalue weighted by Gasteiger charge is -2.31. The third kappa shape index (κ3) is 2.92. The Morgan fingerprint density at radius 3 is 2.90 bits per heavy atom. The molecular weight excluding hydrogens is 334 g/mol. The lowest BCUT2D eigenvalue weighted by atomic mass is 9.90. The normalized spacial score (nSPS) is 17.6. The van der Waals surface area contributed by atoms with Gasteiger partial charge in [-0.1, -0.05) is 12.1 Å². The Morgan fingerprint density at radius 2 is 2.14 bits per heavy atom. The molecule has 1 aliphatic heterocycles. The first-order valence-electron chi connectivity index (χ1n) is 6.81. The molecule has 1 aromatic carbocycles. The van der Waals surface area contributed by atoms with E-state index in [2.05, 4.69) is 26.2 Å². The molecule has 1 saturated heterocycles. The van der Waals surface area contributed by atoms with Crippen LogP contribution in [0.25, 0.3) is 10.9 Å². The van der Waals surface area contributed by atoms with E-state index in [0.29, 0.717) is 31.7 Å². The summed E-state index contributed by atoms with van der Waals surface area (Å²) in [5, 5.41) is 3.88. The zero-order chi connectivity index (χ0) is 14.9. The predicted octanol–water partition coefficient (Wildman–Crippen LogP) is 2.44. The largest absolute Gasteiger partial charge is 0.381 e. The van der Waals surface area contributed by atoms with Crippen LogP contribution in [-0.2, 0) is 9.53 Å². The number of rotatable bonds is 2. The number of nitrogens with zero attached hydrogens (tertiary/aromatic N) is 1. The Kier molecular flexibility index (Phi) is 3.93. The molecule has 1 aliphatic rings. The lowest BCUT2D eigenvalue weighted by Crippen LogP contribution is -2.54. The summed E-state index contributed by atoms with van der Waals surface area (Å²) in [6, 6.07) is 7.64. The van der Waals surface area contributed by atoms with Gasteiger partial charge in [0.15, 0.2) is 0 Å². The van der Waals surface area contributed by atoms with Gasteiger partial charge in [-0.2, -0.15) is 0 Å². The Labute approximate surface area is 131 Å². The van der Waals surface area contributed by atoms with E-state index >= 15 is 0 Å². The highest BCUT2D eigenvalue weighted by atomic mass is 79.9. The third-order valence-corrected chi connectivity index (χ3v) is 4.20. The van der Waals surface area contributed by atoms with Gasteiger partial charge in [0.2, 0.25) is 5.91 Å². The van der Waals surface area contributed by atoms with Crippen molar-refractivity contribution in [2.45, 2.75) is 18.4 Å². The number of halogens is 1. The molecule has 0 radical (unpaired) electrons. The fraction of sp³-hybridized carbons (Fsp3) is 0.333. The summed E-state index contributed by atoms with van der Waals surface area (Å²) in [5.74, 6) is -0.178. The molecule has 0 spiro atoms. The van der Waals surface area contributed by atoms with Crippen LogP contribution < -0.4 is 11.1 Å². The van der Waals surface area contributed by atoms with Gasteiger partial charge >= 0.3 is 0 Å².